The van der Waals surface area contributed by atoms with E-state index in [2.05, 4.69) is 10.3 Å². The summed E-state index contributed by atoms with van der Waals surface area (Å²) in [5, 5.41) is 2.77. The quantitative estimate of drug-likeness (QED) is 0.815. The zero-order valence-corrected chi connectivity index (χ0v) is 11.0. The van der Waals surface area contributed by atoms with Crippen LogP contribution in [0.4, 0.5) is 4.79 Å². The molecule has 1 aromatic rings. The highest BCUT2D eigenvalue weighted by molar-refractivity contribution is 7.09. The Morgan fingerprint density at radius 2 is 2.35 bits per heavy atom. The molecule has 17 heavy (non-hydrogen) atoms. The van der Waals surface area contributed by atoms with Crippen LogP contribution in [0.15, 0.2) is 11.7 Å². The zero-order valence-electron chi connectivity index (χ0n) is 10.2. The number of rotatable bonds is 6. The molecule has 0 unspecified atom stereocenters. The lowest BCUT2D eigenvalue weighted by Gasteiger charge is -2.14. The molecule has 1 rings (SSSR count). The Morgan fingerprint density at radius 3 is 2.94 bits per heavy atom. The Balaban J connectivity index is 2.16. The van der Waals surface area contributed by atoms with Crippen molar-refractivity contribution in [1.82, 2.24) is 10.3 Å². The molecule has 0 spiro atoms. The van der Waals surface area contributed by atoms with Crippen LogP contribution in [0.3, 0.4) is 0 Å². The van der Waals surface area contributed by atoms with Crippen molar-refractivity contribution in [2.24, 2.45) is 5.73 Å². The second-order valence-corrected chi connectivity index (χ2v) is 5.11. The Hall–Kier alpha value is -1.14. The summed E-state index contributed by atoms with van der Waals surface area (Å²) < 4.78 is 5.05. The van der Waals surface area contributed by atoms with Gasteiger partial charge in [-0.15, -0.1) is 11.3 Å². The van der Waals surface area contributed by atoms with E-state index in [-0.39, 0.29) is 18.7 Å². The first-order valence-electron chi connectivity index (χ1n) is 5.64. The standard InChI is InChI=1S/C11H19N3O2S/c1-8(12)3-4-9(2)14-11(15)16-6-10-5-13-7-17-10/h5,7-9H,3-4,6,12H2,1-2H3,(H,14,15)/t8-,9-/m1/s1. The SMILES string of the molecule is C[C@H](CC[C@@H](C)N)NC(=O)OCc1cncs1. The van der Waals surface area contributed by atoms with Gasteiger partial charge >= 0.3 is 6.09 Å². The first-order valence-corrected chi connectivity index (χ1v) is 6.52. The van der Waals surface area contributed by atoms with Crippen LogP contribution >= 0.6 is 11.3 Å². The number of nitrogens with two attached hydrogens (primary N) is 1. The van der Waals surface area contributed by atoms with E-state index in [0.29, 0.717) is 0 Å². The molecule has 0 bridgehead atoms. The maximum absolute atomic E-state index is 11.4. The fourth-order valence-corrected chi connectivity index (χ4v) is 1.78. The first kappa shape index (κ1) is 13.9. The summed E-state index contributed by atoms with van der Waals surface area (Å²) in [4.78, 5) is 16.2. The van der Waals surface area contributed by atoms with Crippen molar-refractivity contribution in [2.45, 2.75) is 45.4 Å². The Bertz CT molecular complexity index is 327. The first-order chi connectivity index (χ1) is 8.08. The molecule has 0 saturated carbocycles. The molecule has 6 heteroatoms. The average Bonchev–Trinajstić information content (AvgIpc) is 2.76. The fourth-order valence-electron chi connectivity index (χ4n) is 1.28. The van der Waals surface area contributed by atoms with Gasteiger partial charge in [0.25, 0.3) is 0 Å². The molecule has 0 fully saturated rings. The van der Waals surface area contributed by atoms with Crippen molar-refractivity contribution in [3.63, 3.8) is 0 Å². The van der Waals surface area contributed by atoms with Gasteiger partial charge in [-0.05, 0) is 26.7 Å². The zero-order chi connectivity index (χ0) is 12.7. The lowest BCUT2D eigenvalue weighted by molar-refractivity contribution is 0.136. The minimum Gasteiger partial charge on any atom is -0.444 e. The topological polar surface area (TPSA) is 77.2 Å². The average molecular weight is 257 g/mol. The number of carbonyl (C=O) groups is 1. The van der Waals surface area contributed by atoms with Crippen molar-refractivity contribution in [2.75, 3.05) is 0 Å². The van der Waals surface area contributed by atoms with Gasteiger partial charge in [0, 0.05) is 18.3 Å². The third-order valence-corrected chi connectivity index (χ3v) is 3.00. The Morgan fingerprint density at radius 1 is 1.59 bits per heavy atom. The second-order valence-electron chi connectivity index (χ2n) is 4.14. The number of thiazole rings is 1. The van der Waals surface area contributed by atoms with E-state index in [0.717, 1.165) is 17.7 Å². The highest BCUT2D eigenvalue weighted by Gasteiger charge is 2.09. The molecule has 0 aromatic carbocycles. The van der Waals surface area contributed by atoms with Crippen LogP contribution in [0.25, 0.3) is 0 Å². The van der Waals surface area contributed by atoms with Crippen LogP contribution in [-0.4, -0.2) is 23.2 Å². The second kappa shape index (κ2) is 7.24. The molecule has 0 radical (unpaired) electrons. The number of aromatic nitrogens is 1. The molecule has 1 aromatic heterocycles. The third kappa shape index (κ3) is 6.23. The number of carbonyl (C=O) groups excluding carboxylic acids is 1. The number of hydrogen-bond donors (Lipinski definition) is 2. The van der Waals surface area contributed by atoms with E-state index >= 15 is 0 Å². The monoisotopic (exact) mass is 257 g/mol. The predicted octanol–water partition coefficient (Wildman–Crippen LogP) is 1.89. The molecule has 2 atom stereocenters. The van der Waals surface area contributed by atoms with Crippen molar-refractivity contribution in [1.29, 1.82) is 0 Å². The van der Waals surface area contributed by atoms with E-state index in [4.69, 9.17) is 10.5 Å². The van der Waals surface area contributed by atoms with Gasteiger partial charge in [0.1, 0.15) is 6.61 Å². The maximum atomic E-state index is 11.4. The molecule has 1 heterocycles. The van der Waals surface area contributed by atoms with E-state index in [1.54, 1.807) is 11.7 Å². The lowest BCUT2D eigenvalue weighted by Crippen LogP contribution is -2.34. The van der Waals surface area contributed by atoms with Crippen molar-refractivity contribution in [3.05, 3.63) is 16.6 Å². The number of ether oxygens (including phenoxy) is 1. The molecule has 5 nitrogen and oxygen atoms in total. The lowest BCUT2D eigenvalue weighted by atomic mass is 10.1. The smallest absolute Gasteiger partial charge is 0.407 e. The van der Waals surface area contributed by atoms with Crippen LogP contribution in [0, 0.1) is 0 Å². The highest BCUT2D eigenvalue weighted by atomic mass is 32.1. The van der Waals surface area contributed by atoms with Crippen LogP contribution in [0.5, 0.6) is 0 Å². The van der Waals surface area contributed by atoms with E-state index in [1.165, 1.54) is 11.3 Å². The molecule has 96 valence electrons. The molecule has 0 aliphatic heterocycles. The van der Waals surface area contributed by atoms with E-state index in [1.807, 2.05) is 13.8 Å². The molecule has 1 amide bonds. The van der Waals surface area contributed by atoms with Crippen LogP contribution < -0.4 is 11.1 Å². The highest BCUT2D eigenvalue weighted by Crippen LogP contribution is 2.07. The van der Waals surface area contributed by atoms with Gasteiger partial charge in [-0.2, -0.15) is 0 Å². The number of hydrogen-bond acceptors (Lipinski definition) is 5. The summed E-state index contributed by atoms with van der Waals surface area (Å²) in [5.41, 5.74) is 7.36. The summed E-state index contributed by atoms with van der Waals surface area (Å²) in [6, 6.07) is 0.238. The largest absolute Gasteiger partial charge is 0.444 e. The van der Waals surface area contributed by atoms with Crippen LogP contribution in [0.1, 0.15) is 31.6 Å². The van der Waals surface area contributed by atoms with Gasteiger partial charge in [-0.25, -0.2) is 4.79 Å². The molecule has 3 N–H and O–H groups in total. The molecular formula is C11H19N3O2S. The summed E-state index contributed by atoms with van der Waals surface area (Å²) in [6.07, 6.45) is 3.04. The van der Waals surface area contributed by atoms with Gasteiger partial charge in [0.05, 0.1) is 10.4 Å². The molecule has 0 saturated heterocycles. The van der Waals surface area contributed by atoms with Crippen molar-refractivity contribution in [3.8, 4) is 0 Å². The van der Waals surface area contributed by atoms with E-state index in [9.17, 15) is 4.79 Å². The van der Waals surface area contributed by atoms with Gasteiger partial charge in [-0.1, -0.05) is 0 Å². The van der Waals surface area contributed by atoms with Crippen molar-refractivity contribution < 1.29 is 9.53 Å². The summed E-state index contributed by atoms with van der Waals surface area (Å²) in [5.74, 6) is 0. The van der Waals surface area contributed by atoms with Crippen molar-refractivity contribution >= 4 is 17.4 Å². The third-order valence-electron chi connectivity index (χ3n) is 2.25. The van der Waals surface area contributed by atoms with E-state index < -0.39 is 6.09 Å². The number of amides is 1. The Kier molecular flexibility index (Phi) is 5.93. The Labute approximate surface area is 105 Å². The fraction of sp³-hybridized carbons (Fsp3) is 0.636. The minimum atomic E-state index is -0.393. The van der Waals surface area contributed by atoms with Gasteiger partial charge in [0.15, 0.2) is 0 Å². The molecular weight excluding hydrogens is 238 g/mol. The number of nitrogens with one attached hydrogen (secondary N) is 1. The predicted molar refractivity (Wildman–Crippen MR) is 67.8 cm³/mol. The van der Waals surface area contributed by atoms with Crippen LogP contribution in [0.2, 0.25) is 0 Å². The normalized spacial score (nSPS) is 14.1. The number of alkyl carbamates (subject to hydrolysis) is 1. The van der Waals surface area contributed by atoms with Gasteiger partial charge in [-0.3, -0.25) is 4.98 Å². The molecule has 0 aliphatic carbocycles. The molecule has 0 aliphatic rings. The summed E-state index contributed by atoms with van der Waals surface area (Å²) >= 11 is 1.47. The van der Waals surface area contributed by atoms with Gasteiger partial charge < -0.3 is 15.8 Å². The number of nitrogens with zero attached hydrogens (tertiary/aromatic N) is 1. The van der Waals surface area contributed by atoms with Crippen LogP contribution in [-0.2, 0) is 11.3 Å². The minimum absolute atomic E-state index is 0.0787. The van der Waals surface area contributed by atoms with Gasteiger partial charge in [0.2, 0.25) is 0 Å². The maximum Gasteiger partial charge on any atom is 0.407 e. The summed E-state index contributed by atoms with van der Waals surface area (Å²) in [7, 11) is 0. The summed E-state index contributed by atoms with van der Waals surface area (Å²) in [6.45, 7) is 4.17.